The highest BCUT2D eigenvalue weighted by molar-refractivity contribution is 5.76. The Bertz CT molecular complexity index is 557. The molecule has 1 N–H and O–H groups in total. The van der Waals surface area contributed by atoms with Gasteiger partial charge in [0.1, 0.15) is 5.75 Å². The molecule has 0 aliphatic carbocycles. The van der Waals surface area contributed by atoms with Crippen molar-refractivity contribution in [1.82, 2.24) is 15.1 Å². The highest BCUT2D eigenvalue weighted by atomic mass is 16.5. The molecule has 0 bridgehead atoms. The highest BCUT2D eigenvalue weighted by Gasteiger charge is 2.28. The van der Waals surface area contributed by atoms with Crippen molar-refractivity contribution >= 4 is 5.91 Å². The molecule has 2 fully saturated rings. The second kappa shape index (κ2) is 7.99. The van der Waals surface area contributed by atoms with Gasteiger partial charge in [0.2, 0.25) is 5.91 Å². The fourth-order valence-corrected chi connectivity index (χ4v) is 3.89. The van der Waals surface area contributed by atoms with Crippen molar-refractivity contribution in [2.75, 3.05) is 40.3 Å². The van der Waals surface area contributed by atoms with Crippen LogP contribution in [0, 0.1) is 0 Å². The van der Waals surface area contributed by atoms with E-state index in [1.165, 1.54) is 18.4 Å². The lowest BCUT2D eigenvalue weighted by atomic mass is 10.0. The third kappa shape index (κ3) is 3.90. The predicted octanol–water partition coefficient (Wildman–Crippen LogP) is 2.04. The molecule has 5 heteroatoms. The molecule has 2 saturated heterocycles. The van der Waals surface area contributed by atoms with Crippen molar-refractivity contribution in [2.45, 2.75) is 37.8 Å². The normalized spacial score (nSPS) is 23.5. The summed E-state index contributed by atoms with van der Waals surface area (Å²) >= 11 is 0. The van der Waals surface area contributed by atoms with Gasteiger partial charge in [-0.2, -0.15) is 0 Å². The molecule has 0 saturated carbocycles. The van der Waals surface area contributed by atoms with Crippen molar-refractivity contribution < 1.29 is 9.53 Å². The van der Waals surface area contributed by atoms with Gasteiger partial charge in [0, 0.05) is 38.2 Å². The van der Waals surface area contributed by atoms with E-state index in [1.807, 2.05) is 24.1 Å². The monoisotopic (exact) mass is 331 g/mol. The van der Waals surface area contributed by atoms with Crippen molar-refractivity contribution in [3.05, 3.63) is 29.8 Å². The lowest BCUT2D eigenvalue weighted by Gasteiger charge is -2.34. The summed E-state index contributed by atoms with van der Waals surface area (Å²) in [6.07, 6.45) is 4.12. The number of hydrogen-bond donors (Lipinski definition) is 1. The molecular formula is C19H29N3O2. The molecule has 5 nitrogen and oxygen atoms in total. The number of likely N-dealkylation sites (tertiary alicyclic amines) is 2. The Labute approximate surface area is 145 Å². The Balaban J connectivity index is 1.70. The Kier molecular flexibility index (Phi) is 5.74. The first-order valence-corrected chi connectivity index (χ1v) is 9.03. The van der Waals surface area contributed by atoms with Crippen LogP contribution in [0.5, 0.6) is 5.75 Å². The van der Waals surface area contributed by atoms with E-state index in [2.05, 4.69) is 22.3 Å². The zero-order valence-corrected chi connectivity index (χ0v) is 14.8. The van der Waals surface area contributed by atoms with E-state index in [0.717, 1.165) is 38.3 Å². The largest absolute Gasteiger partial charge is 0.496 e. The number of likely N-dealkylation sites (N-methyl/N-ethyl adjacent to an activating group) is 1. The molecule has 24 heavy (non-hydrogen) atoms. The van der Waals surface area contributed by atoms with Crippen molar-refractivity contribution in [2.24, 2.45) is 0 Å². The Hall–Kier alpha value is -1.59. The number of rotatable bonds is 6. The SMILES string of the molecule is COc1ccccc1C(CNC1CCC(=O)N(C)C1)N1CCCC1. The van der Waals surface area contributed by atoms with E-state index in [4.69, 9.17) is 4.74 Å². The molecular weight excluding hydrogens is 302 g/mol. The summed E-state index contributed by atoms with van der Waals surface area (Å²) < 4.78 is 5.60. The van der Waals surface area contributed by atoms with Crippen LogP contribution in [0.15, 0.2) is 24.3 Å². The van der Waals surface area contributed by atoms with Gasteiger partial charge in [-0.15, -0.1) is 0 Å². The minimum Gasteiger partial charge on any atom is -0.496 e. The number of nitrogens with one attached hydrogen (secondary N) is 1. The molecule has 1 amide bonds. The van der Waals surface area contributed by atoms with Crippen LogP contribution < -0.4 is 10.1 Å². The van der Waals surface area contributed by atoms with Gasteiger partial charge in [-0.25, -0.2) is 0 Å². The van der Waals surface area contributed by atoms with Crippen LogP contribution in [0.2, 0.25) is 0 Å². The molecule has 0 radical (unpaired) electrons. The van der Waals surface area contributed by atoms with Gasteiger partial charge in [0.15, 0.2) is 0 Å². The zero-order valence-electron chi connectivity index (χ0n) is 14.8. The lowest BCUT2D eigenvalue weighted by Crippen LogP contribution is -2.48. The highest BCUT2D eigenvalue weighted by Crippen LogP contribution is 2.31. The smallest absolute Gasteiger partial charge is 0.222 e. The lowest BCUT2D eigenvalue weighted by molar-refractivity contribution is -0.132. The number of carbonyl (C=O) groups is 1. The van der Waals surface area contributed by atoms with Gasteiger partial charge >= 0.3 is 0 Å². The van der Waals surface area contributed by atoms with Crippen molar-refractivity contribution in [3.8, 4) is 5.75 Å². The Morgan fingerprint density at radius 1 is 1.29 bits per heavy atom. The summed E-state index contributed by atoms with van der Waals surface area (Å²) in [5, 5.41) is 3.71. The number of hydrogen-bond acceptors (Lipinski definition) is 4. The van der Waals surface area contributed by atoms with Crippen LogP contribution in [0.3, 0.4) is 0 Å². The van der Waals surface area contributed by atoms with Crippen LogP contribution in [0.4, 0.5) is 0 Å². The maximum absolute atomic E-state index is 11.7. The van der Waals surface area contributed by atoms with E-state index in [9.17, 15) is 4.79 Å². The minimum atomic E-state index is 0.258. The Morgan fingerprint density at radius 2 is 2.04 bits per heavy atom. The average Bonchev–Trinajstić information content (AvgIpc) is 3.13. The average molecular weight is 331 g/mol. The first-order valence-electron chi connectivity index (χ1n) is 9.03. The predicted molar refractivity (Wildman–Crippen MR) is 95.2 cm³/mol. The first kappa shape index (κ1) is 17.2. The second-order valence-electron chi connectivity index (χ2n) is 6.92. The molecule has 2 atom stereocenters. The molecule has 2 aliphatic heterocycles. The number of nitrogens with zero attached hydrogens (tertiary/aromatic N) is 2. The summed E-state index contributed by atoms with van der Waals surface area (Å²) in [7, 11) is 3.64. The fraction of sp³-hybridized carbons (Fsp3) is 0.632. The summed E-state index contributed by atoms with van der Waals surface area (Å²) in [6.45, 7) is 3.99. The zero-order chi connectivity index (χ0) is 16.9. The number of ether oxygens (including phenoxy) is 1. The molecule has 0 aromatic heterocycles. The summed E-state index contributed by atoms with van der Waals surface area (Å²) in [5.74, 6) is 1.22. The number of carbonyl (C=O) groups excluding carboxylic acids is 1. The molecule has 1 aromatic carbocycles. The summed E-state index contributed by atoms with van der Waals surface area (Å²) in [5.41, 5.74) is 1.26. The quantitative estimate of drug-likeness (QED) is 0.866. The van der Waals surface area contributed by atoms with Crippen LogP contribution >= 0.6 is 0 Å². The first-order chi connectivity index (χ1) is 11.7. The third-order valence-electron chi connectivity index (χ3n) is 5.31. The van der Waals surface area contributed by atoms with E-state index < -0.39 is 0 Å². The van der Waals surface area contributed by atoms with E-state index in [1.54, 1.807) is 7.11 Å². The standard InChI is InChI=1S/C19H29N3O2/c1-21-14-15(9-10-19(21)23)20-13-17(22-11-5-6-12-22)16-7-3-4-8-18(16)24-2/h3-4,7-8,15,17,20H,5-6,9-14H2,1-2H3. The van der Waals surface area contributed by atoms with Gasteiger partial charge < -0.3 is 15.0 Å². The van der Waals surface area contributed by atoms with Gasteiger partial charge in [-0.3, -0.25) is 9.69 Å². The maximum Gasteiger partial charge on any atom is 0.222 e. The Morgan fingerprint density at radius 3 is 2.75 bits per heavy atom. The van der Waals surface area contributed by atoms with Gasteiger partial charge in [0.05, 0.1) is 13.2 Å². The second-order valence-corrected chi connectivity index (χ2v) is 6.92. The van der Waals surface area contributed by atoms with Crippen LogP contribution in [-0.4, -0.2) is 62.1 Å². The molecule has 2 aliphatic rings. The third-order valence-corrected chi connectivity index (χ3v) is 5.31. The topological polar surface area (TPSA) is 44.8 Å². The molecule has 1 aromatic rings. The van der Waals surface area contributed by atoms with Crippen LogP contribution in [0.25, 0.3) is 0 Å². The number of para-hydroxylation sites is 1. The van der Waals surface area contributed by atoms with Crippen molar-refractivity contribution in [1.29, 1.82) is 0 Å². The number of piperidine rings is 1. The summed E-state index contributed by atoms with van der Waals surface area (Å²) in [4.78, 5) is 16.1. The number of benzene rings is 1. The van der Waals surface area contributed by atoms with E-state index >= 15 is 0 Å². The van der Waals surface area contributed by atoms with E-state index in [-0.39, 0.29) is 5.91 Å². The fourth-order valence-electron chi connectivity index (χ4n) is 3.89. The molecule has 3 rings (SSSR count). The van der Waals surface area contributed by atoms with Gasteiger partial charge in [-0.05, 0) is 38.4 Å². The molecule has 2 unspecified atom stereocenters. The number of methoxy groups -OCH3 is 1. The van der Waals surface area contributed by atoms with Crippen LogP contribution in [0.1, 0.15) is 37.3 Å². The summed E-state index contributed by atoms with van der Waals surface area (Å²) in [6, 6.07) is 9.05. The van der Waals surface area contributed by atoms with Crippen molar-refractivity contribution in [3.63, 3.8) is 0 Å². The minimum absolute atomic E-state index is 0.258. The molecule has 2 heterocycles. The van der Waals surface area contributed by atoms with Crippen LogP contribution in [-0.2, 0) is 4.79 Å². The van der Waals surface area contributed by atoms with Gasteiger partial charge in [-0.1, -0.05) is 18.2 Å². The van der Waals surface area contributed by atoms with E-state index in [0.29, 0.717) is 18.5 Å². The maximum atomic E-state index is 11.7. The number of amides is 1. The molecule has 132 valence electrons. The molecule has 0 spiro atoms. The van der Waals surface area contributed by atoms with Gasteiger partial charge in [0.25, 0.3) is 0 Å².